The van der Waals surface area contributed by atoms with Gasteiger partial charge in [0.1, 0.15) is 5.75 Å². The van der Waals surface area contributed by atoms with Crippen molar-refractivity contribution >= 4 is 26.6 Å². The highest BCUT2D eigenvalue weighted by Crippen LogP contribution is 2.40. The number of ether oxygens (including phenoxy) is 1. The highest BCUT2D eigenvalue weighted by Gasteiger charge is 2.49. The summed E-state index contributed by atoms with van der Waals surface area (Å²) in [5.74, 6) is 0.185. The number of H-pyrrole nitrogens is 1. The van der Waals surface area contributed by atoms with E-state index in [1.54, 1.807) is 12.1 Å². The van der Waals surface area contributed by atoms with E-state index in [0.29, 0.717) is 30.8 Å². The molecule has 0 amide bonds. The molecule has 1 aromatic heterocycles. The number of unbranched alkanes of at least 4 members (excludes halogenated alkanes) is 1. The van der Waals surface area contributed by atoms with Gasteiger partial charge in [0, 0.05) is 24.5 Å². The Morgan fingerprint density at radius 2 is 2.00 bits per heavy atom. The predicted octanol–water partition coefficient (Wildman–Crippen LogP) is 4.68. The number of alkyl halides is 3. The van der Waals surface area contributed by atoms with Gasteiger partial charge >= 0.3 is 15.6 Å². The van der Waals surface area contributed by atoms with E-state index in [2.05, 4.69) is 21.0 Å². The molecule has 0 aliphatic carbocycles. The summed E-state index contributed by atoms with van der Waals surface area (Å²) in [5, 5.41) is 0.246. The second kappa shape index (κ2) is 8.89. The van der Waals surface area contributed by atoms with Crippen LogP contribution in [0.15, 0.2) is 24.3 Å². The van der Waals surface area contributed by atoms with Gasteiger partial charge < -0.3 is 13.9 Å². The maximum absolute atomic E-state index is 13.0. The molecule has 1 aliphatic heterocycles. The molecule has 0 bridgehead atoms. The average molecular weight is 446 g/mol. The van der Waals surface area contributed by atoms with Crippen molar-refractivity contribution in [2.24, 2.45) is 0 Å². The summed E-state index contributed by atoms with van der Waals surface area (Å²) in [6.45, 7) is 6.65. The van der Waals surface area contributed by atoms with E-state index >= 15 is 0 Å². The molecule has 0 spiro atoms. The van der Waals surface area contributed by atoms with Crippen LogP contribution < -0.4 is 8.92 Å². The topological polar surface area (TPSA) is 71.6 Å². The number of hydrogen-bond acceptors (Lipinski definition) is 5. The van der Waals surface area contributed by atoms with Crippen molar-refractivity contribution in [2.75, 3.05) is 26.2 Å². The molecule has 1 aliphatic rings. The number of nitrogens with zero attached hydrogens (tertiary/aromatic N) is 1. The predicted molar refractivity (Wildman–Crippen MR) is 109 cm³/mol. The fourth-order valence-corrected chi connectivity index (χ4v) is 3.89. The first-order valence-electron chi connectivity index (χ1n) is 9.87. The molecule has 0 fully saturated rings. The van der Waals surface area contributed by atoms with Crippen LogP contribution in [0.4, 0.5) is 13.2 Å². The van der Waals surface area contributed by atoms with Crippen molar-refractivity contribution in [3.63, 3.8) is 0 Å². The lowest BCUT2D eigenvalue weighted by molar-refractivity contribution is -0.0499. The van der Waals surface area contributed by atoms with E-state index in [9.17, 15) is 21.6 Å². The van der Waals surface area contributed by atoms with Gasteiger partial charge in [0.05, 0.1) is 17.8 Å². The molecule has 0 saturated carbocycles. The van der Waals surface area contributed by atoms with Gasteiger partial charge in [-0.05, 0) is 44.0 Å². The van der Waals surface area contributed by atoms with Gasteiger partial charge in [-0.25, -0.2) is 0 Å². The zero-order chi connectivity index (χ0) is 21.9. The van der Waals surface area contributed by atoms with E-state index in [-0.39, 0.29) is 16.8 Å². The Morgan fingerprint density at radius 1 is 1.23 bits per heavy atom. The van der Waals surface area contributed by atoms with Crippen LogP contribution in [0.25, 0.3) is 16.5 Å². The van der Waals surface area contributed by atoms with E-state index in [1.165, 1.54) is 6.07 Å². The van der Waals surface area contributed by atoms with Crippen LogP contribution in [0.1, 0.15) is 38.8 Å². The van der Waals surface area contributed by atoms with Crippen molar-refractivity contribution in [1.29, 1.82) is 0 Å². The van der Waals surface area contributed by atoms with Crippen LogP contribution >= 0.6 is 0 Å². The molecule has 30 heavy (non-hydrogen) atoms. The number of nitrogens with one attached hydrogen (secondary N) is 1. The first kappa shape index (κ1) is 22.5. The van der Waals surface area contributed by atoms with Gasteiger partial charge in [-0.15, -0.1) is 0 Å². The van der Waals surface area contributed by atoms with Gasteiger partial charge in [0.15, 0.2) is 5.75 Å². The van der Waals surface area contributed by atoms with Crippen LogP contribution in [-0.4, -0.2) is 50.1 Å². The number of hydrogen-bond donors (Lipinski definition) is 1. The third-order valence-electron chi connectivity index (χ3n) is 4.95. The maximum atomic E-state index is 13.0. The van der Waals surface area contributed by atoms with Crippen molar-refractivity contribution in [2.45, 2.75) is 38.6 Å². The molecule has 0 radical (unpaired) electrons. The monoisotopic (exact) mass is 446 g/mol. The van der Waals surface area contributed by atoms with E-state index in [4.69, 9.17) is 4.74 Å². The standard InChI is InChI=1S/C20H25F3N2O4S/c1-3-5-10-25-11-8-14(9-12-25)18-19(29-30(26,27)20(21,22)23)16-7-6-15(28-4-2)13-17(16)24-18/h6-8,13,24H,3-5,9-12H2,1-2H3. The van der Waals surface area contributed by atoms with Crippen LogP contribution in [0.2, 0.25) is 0 Å². The molecule has 2 heterocycles. The van der Waals surface area contributed by atoms with Crippen LogP contribution in [-0.2, 0) is 10.1 Å². The lowest BCUT2D eigenvalue weighted by atomic mass is 10.0. The summed E-state index contributed by atoms with van der Waals surface area (Å²) in [6, 6.07) is 4.68. The molecule has 1 aromatic carbocycles. The first-order chi connectivity index (χ1) is 14.2. The number of aromatic amines is 1. The average Bonchev–Trinajstić information content (AvgIpc) is 3.03. The zero-order valence-electron chi connectivity index (χ0n) is 16.9. The lowest BCUT2D eigenvalue weighted by Crippen LogP contribution is -2.30. The van der Waals surface area contributed by atoms with Crippen molar-refractivity contribution in [1.82, 2.24) is 9.88 Å². The SMILES string of the molecule is CCCCN1CC=C(c2[nH]c3cc(OCC)ccc3c2OS(=O)(=O)C(F)(F)F)CC1. The second-order valence-electron chi connectivity index (χ2n) is 7.09. The van der Waals surface area contributed by atoms with E-state index < -0.39 is 15.6 Å². The van der Waals surface area contributed by atoms with Crippen LogP contribution in [0.3, 0.4) is 0 Å². The minimum absolute atomic E-state index is 0.246. The molecule has 10 heteroatoms. The molecule has 0 saturated heterocycles. The molecule has 3 rings (SSSR count). The molecule has 166 valence electrons. The second-order valence-corrected chi connectivity index (χ2v) is 8.62. The minimum Gasteiger partial charge on any atom is -0.494 e. The maximum Gasteiger partial charge on any atom is 0.534 e. The highest BCUT2D eigenvalue weighted by atomic mass is 32.2. The molecular weight excluding hydrogens is 421 g/mol. The normalized spacial score (nSPS) is 16.0. The van der Waals surface area contributed by atoms with E-state index in [0.717, 1.165) is 31.5 Å². The number of benzene rings is 1. The van der Waals surface area contributed by atoms with E-state index in [1.807, 2.05) is 13.0 Å². The Hall–Kier alpha value is -2.20. The molecule has 2 aromatic rings. The van der Waals surface area contributed by atoms with Crippen molar-refractivity contribution < 1.29 is 30.5 Å². The Bertz CT molecular complexity index is 1030. The van der Waals surface area contributed by atoms with Crippen molar-refractivity contribution in [3.05, 3.63) is 30.0 Å². The fraction of sp³-hybridized carbons (Fsp3) is 0.500. The summed E-state index contributed by atoms with van der Waals surface area (Å²) < 4.78 is 72.4. The molecule has 0 unspecified atom stereocenters. The summed E-state index contributed by atoms with van der Waals surface area (Å²) in [5.41, 5.74) is -4.10. The quantitative estimate of drug-likeness (QED) is 0.471. The number of rotatable bonds is 8. The third-order valence-corrected chi connectivity index (χ3v) is 5.91. The number of aromatic nitrogens is 1. The smallest absolute Gasteiger partial charge is 0.494 e. The third kappa shape index (κ3) is 4.75. The molecular formula is C20H25F3N2O4S. The summed E-state index contributed by atoms with van der Waals surface area (Å²) in [7, 11) is -5.81. The molecule has 0 atom stereocenters. The Morgan fingerprint density at radius 3 is 2.60 bits per heavy atom. The van der Waals surface area contributed by atoms with Gasteiger partial charge in [0.25, 0.3) is 0 Å². The minimum atomic E-state index is -5.81. The van der Waals surface area contributed by atoms with Gasteiger partial charge in [0.2, 0.25) is 0 Å². The number of fused-ring (bicyclic) bond motifs is 1. The highest BCUT2D eigenvalue weighted by molar-refractivity contribution is 7.88. The lowest BCUT2D eigenvalue weighted by Gasteiger charge is -2.26. The van der Waals surface area contributed by atoms with Gasteiger partial charge in [-0.3, -0.25) is 4.90 Å². The Kier molecular flexibility index (Phi) is 6.66. The largest absolute Gasteiger partial charge is 0.534 e. The fourth-order valence-electron chi connectivity index (χ4n) is 3.40. The van der Waals surface area contributed by atoms with Gasteiger partial charge in [-0.2, -0.15) is 21.6 Å². The zero-order valence-corrected chi connectivity index (χ0v) is 17.7. The van der Waals surface area contributed by atoms with Crippen LogP contribution in [0, 0.1) is 0 Å². The summed E-state index contributed by atoms with van der Waals surface area (Å²) in [4.78, 5) is 5.29. The molecule has 6 nitrogen and oxygen atoms in total. The first-order valence-corrected chi connectivity index (χ1v) is 11.3. The van der Waals surface area contributed by atoms with Crippen molar-refractivity contribution in [3.8, 4) is 11.5 Å². The Balaban J connectivity index is 2.03. The van der Waals surface area contributed by atoms with Gasteiger partial charge in [-0.1, -0.05) is 19.4 Å². The summed E-state index contributed by atoms with van der Waals surface area (Å²) in [6.07, 6.45) is 4.61. The van der Waals surface area contributed by atoms with Crippen LogP contribution in [0.5, 0.6) is 11.5 Å². The molecule has 1 N–H and O–H groups in total. The summed E-state index contributed by atoms with van der Waals surface area (Å²) >= 11 is 0. The Labute approximate surface area is 173 Å². The number of halogens is 3.